The predicted molar refractivity (Wildman–Crippen MR) is 74.5 cm³/mol. The fourth-order valence-corrected chi connectivity index (χ4v) is 2.34. The summed E-state index contributed by atoms with van der Waals surface area (Å²) >= 11 is 0. The monoisotopic (exact) mass is 287 g/mol. The number of nitrogens with zero attached hydrogens (tertiary/aromatic N) is 1. The van der Waals surface area contributed by atoms with Crippen molar-refractivity contribution in [3.05, 3.63) is 0 Å². The average molecular weight is 287 g/mol. The Morgan fingerprint density at radius 2 is 2.00 bits per heavy atom. The van der Waals surface area contributed by atoms with Gasteiger partial charge in [-0.1, -0.05) is 0 Å². The molecule has 0 aliphatic carbocycles. The molecule has 1 aliphatic heterocycles. The normalized spacial score (nSPS) is 18.5. The molecule has 0 saturated carbocycles. The predicted octanol–water partition coefficient (Wildman–Crippen LogP) is -0.147. The third-order valence-corrected chi connectivity index (χ3v) is 3.70. The molecular formula is C13H25N3O4. The minimum absolute atomic E-state index is 0.0116. The Bertz CT molecular complexity index is 317. The van der Waals surface area contributed by atoms with E-state index in [1.165, 1.54) is 0 Å². The van der Waals surface area contributed by atoms with Crippen LogP contribution in [0.3, 0.4) is 0 Å². The van der Waals surface area contributed by atoms with Crippen LogP contribution in [-0.4, -0.2) is 66.4 Å². The van der Waals surface area contributed by atoms with Gasteiger partial charge in [0.2, 0.25) is 0 Å². The van der Waals surface area contributed by atoms with Gasteiger partial charge >= 0.3 is 12.0 Å². The van der Waals surface area contributed by atoms with E-state index < -0.39 is 18.0 Å². The van der Waals surface area contributed by atoms with Gasteiger partial charge in [0.05, 0.1) is 0 Å². The minimum Gasteiger partial charge on any atom is -0.480 e. The summed E-state index contributed by atoms with van der Waals surface area (Å²) in [5.41, 5.74) is 0. The standard InChI is InChI=1S/C13H25N3O4/c1-16-7-3-10(4-8-16)2-6-14-13(20)15-11(5-9-17)12(18)19/h10-11,17H,2-9H2,1H3,(H,18,19)(H2,14,15,20)/t11-/m1/s1. The SMILES string of the molecule is CN1CCC(CCNC(=O)N[C@H](CCO)C(=O)O)CC1. The number of aliphatic carboxylic acids is 1. The maximum absolute atomic E-state index is 11.6. The molecule has 0 aromatic rings. The Morgan fingerprint density at radius 3 is 2.55 bits per heavy atom. The molecule has 0 spiro atoms. The van der Waals surface area contributed by atoms with Crippen LogP contribution >= 0.6 is 0 Å². The molecule has 1 fully saturated rings. The molecule has 7 heteroatoms. The highest BCUT2D eigenvalue weighted by molar-refractivity contribution is 5.82. The van der Waals surface area contributed by atoms with Gasteiger partial charge in [-0.15, -0.1) is 0 Å². The second-order valence-electron chi connectivity index (χ2n) is 5.34. The molecule has 1 aliphatic rings. The first-order valence-electron chi connectivity index (χ1n) is 7.09. The van der Waals surface area contributed by atoms with E-state index in [9.17, 15) is 9.59 Å². The topological polar surface area (TPSA) is 102 Å². The van der Waals surface area contributed by atoms with Crippen LogP contribution in [0.5, 0.6) is 0 Å². The highest BCUT2D eigenvalue weighted by Gasteiger charge is 2.20. The van der Waals surface area contributed by atoms with Gasteiger partial charge in [-0.05, 0) is 45.3 Å². The van der Waals surface area contributed by atoms with E-state index in [0.29, 0.717) is 12.5 Å². The van der Waals surface area contributed by atoms with E-state index in [-0.39, 0.29) is 13.0 Å². The van der Waals surface area contributed by atoms with Crippen molar-refractivity contribution >= 4 is 12.0 Å². The number of hydrogen-bond donors (Lipinski definition) is 4. The van der Waals surface area contributed by atoms with E-state index in [4.69, 9.17) is 10.2 Å². The van der Waals surface area contributed by atoms with Crippen LogP contribution in [0.2, 0.25) is 0 Å². The summed E-state index contributed by atoms with van der Waals surface area (Å²) in [5, 5.41) is 22.6. The second kappa shape index (κ2) is 8.76. The Balaban J connectivity index is 2.17. The smallest absolute Gasteiger partial charge is 0.326 e. The zero-order chi connectivity index (χ0) is 15.0. The van der Waals surface area contributed by atoms with E-state index >= 15 is 0 Å². The summed E-state index contributed by atoms with van der Waals surface area (Å²) < 4.78 is 0. The summed E-state index contributed by atoms with van der Waals surface area (Å²) in [6.45, 7) is 2.46. The molecule has 0 bridgehead atoms. The van der Waals surface area contributed by atoms with Gasteiger partial charge in [-0.3, -0.25) is 0 Å². The fourth-order valence-electron chi connectivity index (χ4n) is 2.34. The molecule has 1 atom stereocenters. The molecule has 20 heavy (non-hydrogen) atoms. The van der Waals surface area contributed by atoms with Crippen molar-refractivity contribution in [3.8, 4) is 0 Å². The van der Waals surface area contributed by atoms with Crippen LogP contribution in [0.15, 0.2) is 0 Å². The molecule has 2 amide bonds. The first-order chi connectivity index (χ1) is 9.52. The van der Waals surface area contributed by atoms with E-state index in [2.05, 4.69) is 22.6 Å². The summed E-state index contributed by atoms with van der Waals surface area (Å²) in [4.78, 5) is 24.7. The maximum Gasteiger partial charge on any atom is 0.326 e. The summed E-state index contributed by atoms with van der Waals surface area (Å²) in [5.74, 6) is -0.510. The Morgan fingerprint density at radius 1 is 1.35 bits per heavy atom. The highest BCUT2D eigenvalue weighted by Crippen LogP contribution is 2.18. The number of aliphatic hydroxyl groups excluding tert-OH is 1. The molecule has 1 heterocycles. The summed E-state index contributed by atoms with van der Waals surface area (Å²) in [6, 6.07) is -1.53. The minimum atomic E-state index is -1.13. The Kier molecular flexibility index (Phi) is 7.32. The molecule has 4 N–H and O–H groups in total. The van der Waals surface area contributed by atoms with Gasteiger partial charge in [-0.25, -0.2) is 9.59 Å². The third kappa shape index (κ3) is 6.21. The lowest BCUT2D eigenvalue weighted by atomic mass is 9.94. The van der Waals surface area contributed by atoms with Crippen molar-refractivity contribution in [3.63, 3.8) is 0 Å². The highest BCUT2D eigenvalue weighted by atomic mass is 16.4. The van der Waals surface area contributed by atoms with Crippen molar-refractivity contribution in [1.82, 2.24) is 15.5 Å². The molecule has 0 unspecified atom stereocenters. The second-order valence-corrected chi connectivity index (χ2v) is 5.34. The van der Waals surface area contributed by atoms with E-state index in [0.717, 1.165) is 32.4 Å². The van der Waals surface area contributed by atoms with Gasteiger partial charge in [-0.2, -0.15) is 0 Å². The van der Waals surface area contributed by atoms with Crippen molar-refractivity contribution in [2.75, 3.05) is 33.3 Å². The molecule has 7 nitrogen and oxygen atoms in total. The van der Waals surface area contributed by atoms with Crippen LogP contribution in [0, 0.1) is 5.92 Å². The number of aliphatic hydroxyl groups is 1. The van der Waals surface area contributed by atoms with Crippen molar-refractivity contribution in [1.29, 1.82) is 0 Å². The van der Waals surface area contributed by atoms with Crippen LogP contribution in [0.1, 0.15) is 25.7 Å². The molecule has 0 aromatic carbocycles. The number of carboxylic acid groups (broad SMARTS) is 1. The zero-order valence-corrected chi connectivity index (χ0v) is 12.0. The van der Waals surface area contributed by atoms with Crippen LogP contribution in [0.25, 0.3) is 0 Å². The van der Waals surface area contributed by atoms with Crippen molar-refractivity contribution in [2.24, 2.45) is 5.92 Å². The zero-order valence-electron chi connectivity index (χ0n) is 12.0. The molecule has 1 rings (SSSR count). The number of piperidine rings is 1. The average Bonchev–Trinajstić information content (AvgIpc) is 2.40. The van der Waals surface area contributed by atoms with Crippen LogP contribution < -0.4 is 10.6 Å². The molecule has 1 saturated heterocycles. The number of likely N-dealkylation sites (tertiary alicyclic amines) is 1. The van der Waals surface area contributed by atoms with Crippen LogP contribution in [0.4, 0.5) is 4.79 Å². The van der Waals surface area contributed by atoms with Gasteiger partial charge in [0.1, 0.15) is 6.04 Å². The van der Waals surface area contributed by atoms with Gasteiger partial charge in [0.25, 0.3) is 0 Å². The first-order valence-corrected chi connectivity index (χ1v) is 7.09. The quantitative estimate of drug-likeness (QED) is 0.522. The Labute approximate surface area is 119 Å². The molecule has 116 valence electrons. The fraction of sp³-hybridized carbons (Fsp3) is 0.846. The number of hydrogen-bond acceptors (Lipinski definition) is 4. The number of carboxylic acids is 1. The first kappa shape index (κ1) is 16.7. The molecule has 0 radical (unpaired) electrons. The van der Waals surface area contributed by atoms with Crippen LogP contribution in [-0.2, 0) is 4.79 Å². The lowest BCUT2D eigenvalue weighted by molar-refractivity contribution is -0.139. The maximum atomic E-state index is 11.6. The van der Waals surface area contributed by atoms with E-state index in [1.54, 1.807) is 0 Å². The van der Waals surface area contributed by atoms with Crippen molar-refractivity contribution < 1.29 is 19.8 Å². The number of nitrogens with one attached hydrogen (secondary N) is 2. The van der Waals surface area contributed by atoms with Gasteiger partial charge in [0, 0.05) is 19.6 Å². The van der Waals surface area contributed by atoms with E-state index in [1.807, 2.05) is 0 Å². The third-order valence-electron chi connectivity index (χ3n) is 3.70. The molecule has 0 aromatic heterocycles. The number of carbonyl (C=O) groups excluding carboxylic acids is 1. The summed E-state index contributed by atoms with van der Waals surface area (Å²) in [6.07, 6.45) is 3.21. The van der Waals surface area contributed by atoms with Gasteiger partial charge < -0.3 is 25.7 Å². The van der Waals surface area contributed by atoms with Gasteiger partial charge in [0.15, 0.2) is 0 Å². The number of urea groups is 1. The lowest BCUT2D eigenvalue weighted by Gasteiger charge is -2.28. The largest absolute Gasteiger partial charge is 0.480 e. The number of rotatable bonds is 7. The summed E-state index contributed by atoms with van der Waals surface area (Å²) in [7, 11) is 2.11. The lowest BCUT2D eigenvalue weighted by Crippen LogP contribution is -2.46. The molecular weight excluding hydrogens is 262 g/mol. The number of carbonyl (C=O) groups is 2. The number of amides is 2. The van der Waals surface area contributed by atoms with Crippen molar-refractivity contribution in [2.45, 2.75) is 31.7 Å². The Hall–Kier alpha value is -1.34.